The molecule has 0 aliphatic carbocycles. The van der Waals surface area contributed by atoms with E-state index in [4.69, 9.17) is 23.2 Å². The number of carbonyl (C=O) groups is 3. The topological polar surface area (TPSA) is 104 Å². The van der Waals surface area contributed by atoms with Gasteiger partial charge in [-0.15, -0.1) is 0 Å². The van der Waals surface area contributed by atoms with Crippen LogP contribution in [-0.2, 0) is 17.8 Å². The molecule has 0 bridgehead atoms. The highest BCUT2D eigenvalue weighted by Crippen LogP contribution is 2.29. The van der Waals surface area contributed by atoms with Crippen molar-refractivity contribution in [2.24, 2.45) is 0 Å². The number of carbonyl (C=O) groups excluding carboxylic acids is 3. The smallest absolute Gasteiger partial charge is 0.258 e. The molecule has 8 nitrogen and oxygen atoms in total. The quantitative estimate of drug-likeness (QED) is 0.322. The monoisotopic (exact) mass is 559 g/mol. The number of amides is 3. The Morgan fingerprint density at radius 1 is 1.03 bits per heavy atom. The van der Waals surface area contributed by atoms with Crippen LogP contribution in [0.1, 0.15) is 37.5 Å². The van der Waals surface area contributed by atoms with Crippen molar-refractivity contribution in [2.45, 2.75) is 25.9 Å². The zero-order valence-corrected chi connectivity index (χ0v) is 22.3. The van der Waals surface area contributed by atoms with E-state index in [2.05, 4.69) is 20.6 Å². The lowest BCUT2D eigenvalue weighted by Crippen LogP contribution is -2.46. The molecule has 0 unspecified atom stereocenters. The van der Waals surface area contributed by atoms with Gasteiger partial charge in [-0.1, -0.05) is 41.4 Å². The summed E-state index contributed by atoms with van der Waals surface area (Å²) in [4.78, 5) is 50.0. The van der Waals surface area contributed by atoms with Crippen LogP contribution in [0.2, 0.25) is 10.0 Å². The predicted molar refractivity (Wildman–Crippen MR) is 150 cm³/mol. The van der Waals surface area contributed by atoms with Gasteiger partial charge < -0.3 is 15.5 Å². The number of hydrogen-bond acceptors (Lipinski definition) is 5. The first-order valence-electron chi connectivity index (χ1n) is 12.1. The maximum Gasteiger partial charge on any atom is 0.258 e. The molecule has 0 saturated carbocycles. The molecule has 2 aromatic heterocycles. The predicted octanol–water partition coefficient (Wildman–Crippen LogP) is 5.55. The van der Waals surface area contributed by atoms with Crippen LogP contribution in [0.5, 0.6) is 0 Å². The standard InChI is InChI=1S/C29H23Cl2N5O3/c1-17-5-10-26(33-15-17)35-27(37)21-8-6-18(12-23(21)31)16-36-25(14-20-4-2-3-11-32-20)28(38)34-24-13-19(30)7-9-22(24)29(36)39/h2-13,15,25H,14,16H2,1H3,(H,34,38)(H,33,35,37)/t25-/m1/s1. The van der Waals surface area contributed by atoms with Gasteiger partial charge in [0.1, 0.15) is 11.9 Å². The van der Waals surface area contributed by atoms with Gasteiger partial charge in [-0.3, -0.25) is 19.4 Å². The molecule has 4 aromatic rings. The maximum absolute atomic E-state index is 13.8. The van der Waals surface area contributed by atoms with Gasteiger partial charge in [0, 0.05) is 36.1 Å². The fourth-order valence-corrected chi connectivity index (χ4v) is 4.79. The van der Waals surface area contributed by atoms with Gasteiger partial charge in [0.05, 0.1) is 21.8 Å². The van der Waals surface area contributed by atoms with E-state index < -0.39 is 11.9 Å². The van der Waals surface area contributed by atoms with Crippen molar-refractivity contribution < 1.29 is 14.4 Å². The zero-order chi connectivity index (χ0) is 27.5. The fraction of sp³-hybridized carbons (Fsp3) is 0.138. The molecule has 196 valence electrons. The summed E-state index contributed by atoms with van der Waals surface area (Å²) in [6.07, 6.45) is 3.50. The van der Waals surface area contributed by atoms with Crippen molar-refractivity contribution in [3.63, 3.8) is 0 Å². The van der Waals surface area contributed by atoms with E-state index in [0.717, 1.165) is 5.56 Å². The molecule has 1 aliphatic heterocycles. The first-order chi connectivity index (χ1) is 18.8. The lowest BCUT2D eigenvalue weighted by Gasteiger charge is -2.29. The van der Waals surface area contributed by atoms with Gasteiger partial charge in [0.15, 0.2) is 0 Å². The molecule has 10 heteroatoms. The second kappa shape index (κ2) is 11.2. The van der Waals surface area contributed by atoms with Crippen LogP contribution in [0.15, 0.2) is 79.1 Å². The molecule has 0 radical (unpaired) electrons. The number of pyridine rings is 2. The van der Waals surface area contributed by atoms with Crippen molar-refractivity contribution in [1.82, 2.24) is 14.9 Å². The van der Waals surface area contributed by atoms with E-state index in [1.54, 1.807) is 67.0 Å². The number of nitrogens with zero attached hydrogens (tertiary/aromatic N) is 3. The zero-order valence-electron chi connectivity index (χ0n) is 20.8. The molecular formula is C29H23Cl2N5O3. The van der Waals surface area contributed by atoms with Crippen LogP contribution < -0.4 is 10.6 Å². The number of hydrogen-bond donors (Lipinski definition) is 2. The summed E-state index contributed by atoms with van der Waals surface area (Å²) < 4.78 is 0. The van der Waals surface area contributed by atoms with E-state index >= 15 is 0 Å². The van der Waals surface area contributed by atoms with E-state index in [9.17, 15) is 14.4 Å². The molecule has 0 saturated heterocycles. The average molecular weight is 560 g/mol. The average Bonchev–Trinajstić information content (AvgIpc) is 3.00. The number of benzene rings is 2. The number of halogens is 2. The Hall–Kier alpha value is -4.27. The minimum absolute atomic E-state index is 0.0763. The molecule has 2 aromatic carbocycles. The summed E-state index contributed by atoms with van der Waals surface area (Å²) in [7, 11) is 0. The second-order valence-electron chi connectivity index (χ2n) is 9.14. The van der Waals surface area contributed by atoms with Gasteiger partial charge in [-0.2, -0.15) is 0 Å². The van der Waals surface area contributed by atoms with Crippen molar-refractivity contribution in [2.75, 3.05) is 10.6 Å². The summed E-state index contributed by atoms with van der Waals surface area (Å²) >= 11 is 12.6. The highest BCUT2D eigenvalue weighted by Gasteiger charge is 2.36. The highest BCUT2D eigenvalue weighted by molar-refractivity contribution is 6.34. The van der Waals surface area contributed by atoms with E-state index in [0.29, 0.717) is 33.3 Å². The largest absolute Gasteiger partial charge is 0.323 e. The summed E-state index contributed by atoms with van der Waals surface area (Å²) in [5.74, 6) is -0.706. The molecular weight excluding hydrogens is 537 g/mol. The third kappa shape index (κ3) is 5.92. The number of aromatic nitrogens is 2. The summed E-state index contributed by atoms with van der Waals surface area (Å²) in [6, 6.07) is 17.8. The molecule has 1 atom stereocenters. The first-order valence-corrected chi connectivity index (χ1v) is 12.9. The van der Waals surface area contributed by atoms with Gasteiger partial charge in [0.25, 0.3) is 11.8 Å². The SMILES string of the molecule is Cc1ccc(NC(=O)c2ccc(CN3C(=O)c4ccc(Cl)cc4NC(=O)[C@H]3Cc3ccccn3)cc2Cl)nc1. The van der Waals surface area contributed by atoms with Crippen molar-refractivity contribution in [1.29, 1.82) is 0 Å². The second-order valence-corrected chi connectivity index (χ2v) is 9.99. The summed E-state index contributed by atoms with van der Waals surface area (Å²) in [5.41, 5.74) is 3.21. The number of nitrogens with one attached hydrogen (secondary N) is 2. The number of fused-ring (bicyclic) bond motifs is 1. The molecule has 1 aliphatic rings. The normalized spacial score (nSPS) is 14.8. The van der Waals surface area contributed by atoms with Gasteiger partial charge >= 0.3 is 0 Å². The van der Waals surface area contributed by atoms with Crippen LogP contribution in [0.25, 0.3) is 0 Å². The van der Waals surface area contributed by atoms with Crippen LogP contribution >= 0.6 is 23.2 Å². The molecule has 0 fully saturated rings. The Bertz CT molecular complexity index is 1560. The van der Waals surface area contributed by atoms with Gasteiger partial charge in [-0.05, 0) is 66.6 Å². The van der Waals surface area contributed by atoms with Crippen molar-refractivity contribution in [3.05, 3.63) is 117 Å². The molecule has 39 heavy (non-hydrogen) atoms. The third-order valence-corrected chi connectivity index (χ3v) is 6.87. The summed E-state index contributed by atoms with van der Waals surface area (Å²) in [5, 5.41) is 6.18. The maximum atomic E-state index is 13.8. The van der Waals surface area contributed by atoms with E-state index in [1.807, 2.05) is 19.1 Å². The van der Waals surface area contributed by atoms with Crippen LogP contribution in [0.3, 0.4) is 0 Å². The Morgan fingerprint density at radius 3 is 2.59 bits per heavy atom. The minimum atomic E-state index is -0.854. The van der Waals surface area contributed by atoms with E-state index in [-0.39, 0.29) is 35.4 Å². The molecule has 0 spiro atoms. The number of rotatable bonds is 6. The van der Waals surface area contributed by atoms with Crippen molar-refractivity contribution >= 4 is 52.4 Å². The number of anilines is 2. The fourth-order valence-electron chi connectivity index (χ4n) is 4.33. The molecule has 2 N–H and O–H groups in total. The summed E-state index contributed by atoms with van der Waals surface area (Å²) in [6.45, 7) is 1.98. The highest BCUT2D eigenvalue weighted by atomic mass is 35.5. The van der Waals surface area contributed by atoms with Gasteiger partial charge in [0.2, 0.25) is 5.91 Å². The van der Waals surface area contributed by atoms with Crippen molar-refractivity contribution in [3.8, 4) is 0 Å². The van der Waals surface area contributed by atoms with Crippen LogP contribution in [-0.4, -0.2) is 38.6 Å². The minimum Gasteiger partial charge on any atom is -0.323 e. The third-order valence-electron chi connectivity index (χ3n) is 6.32. The molecule has 3 amide bonds. The lowest BCUT2D eigenvalue weighted by atomic mass is 10.0. The van der Waals surface area contributed by atoms with E-state index in [1.165, 1.54) is 4.90 Å². The Kier molecular flexibility index (Phi) is 7.58. The molecule has 5 rings (SSSR count). The van der Waals surface area contributed by atoms with Crippen LogP contribution in [0, 0.1) is 6.92 Å². The van der Waals surface area contributed by atoms with Crippen LogP contribution in [0.4, 0.5) is 11.5 Å². The van der Waals surface area contributed by atoms with Gasteiger partial charge in [-0.25, -0.2) is 4.98 Å². The molecule has 3 heterocycles. The Balaban J connectivity index is 1.44. The lowest BCUT2D eigenvalue weighted by molar-refractivity contribution is -0.120. The number of aryl methyl sites for hydroxylation is 1. The first kappa shape index (κ1) is 26.3. The Labute approximate surface area is 235 Å². The Morgan fingerprint density at radius 2 is 1.87 bits per heavy atom.